The van der Waals surface area contributed by atoms with Gasteiger partial charge in [0.2, 0.25) is 0 Å². The number of hydrogen-bond acceptors (Lipinski definition) is 4. The van der Waals surface area contributed by atoms with Crippen LogP contribution < -0.4 is 0 Å². The Morgan fingerprint density at radius 1 is 1.08 bits per heavy atom. The number of aliphatic hydroxyl groups is 1. The van der Waals surface area contributed by atoms with Crippen LogP contribution in [0.4, 0.5) is 0 Å². The maximum Gasteiger partial charge on any atom is 0.200 e. The molecule has 13 heavy (non-hydrogen) atoms. The Hall–Kier alpha value is -1.68. The molecule has 0 heterocycles. The molecule has 0 aliphatic rings. The van der Waals surface area contributed by atoms with E-state index in [4.69, 9.17) is 20.4 Å². The highest BCUT2D eigenvalue weighted by molar-refractivity contribution is 5.60. The summed E-state index contributed by atoms with van der Waals surface area (Å²) in [4.78, 5) is 0. The molecule has 0 bridgehead atoms. The molecule has 1 aromatic carbocycles. The van der Waals surface area contributed by atoms with E-state index in [9.17, 15) is 0 Å². The van der Waals surface area contributed by atoms with Crippen molar-refractivity contribution in [2.45, 2.75) is 0 Å². The van der Waals surface area contributed by atoms with Crippen molar-refractivity contribution in [2.75, 3.05) is 6.61 Å². The molecule has 0 atom stereocenters. The topological polar surface area (TPSA) is 80.9 Å². The number of benzene rings is 1. The molecule has 0 spiro atoms. The Kier molecular flexibility index (Phi) is 2.76. The molecule has 0 amide bonds. The van der Waals surface area contributed by atoms with E-state index in [-0.39, 0.29) is 6.61 Å². The Morgan fingerprint density at radius 3 is 2.08 bits per heavy atom. The normalized spacial score (nSPS) is 10.8. The van der Waals surface area contributed by atoms with Gasteiger partial charge in [-0.3, -0.25) is 0 Å². The average Bonchev–Trinajstić information content (AvgIpc) is 2.10. The van der Waals surface area contributed by atoms with Gasteiger partial charge in [0.1, 0.15) is 0 Å². The lowest BCUT2D eigenvalue weighted by Crippen LogP contribution is -1.77. The van der Waals surface area contributed by atoms with Crippen LogP contribution in [-0.2, 0) is 0 Å². The van der Waals surface area contributed by atoms with Crippen LogP contribution in [0.25, 0.3) is 6.08 Å². The zero-order valence-corrected chi connectivity index (χ0v) is 6.81. The van der Waals surface area contributed by atoms with E-state index in [0.717, 1.165) is 0 Å². The predicted octanol–water partition coefficient (Wildman–Crippen LogP) is 0.809. The monoisotopic (exact) mass is 182 g/mol. The summed E-state index contributed by atoms with van der Waals surface area (Å²) in [7, 11) is 0. The van der Waals surface area contributed by atoms with Crippen LogP contribution in [0.1, 0.15) is 5.56 Å². The van der Waals surface area contributed by atoms with E-state index in [1.54, 1.807) is 0 Å². The van der Waals surface area contributed by atoms with E-state index >= 15 is 0 Å². The summed E-state index contributed by atoms with van der Waals surface area (Å²) in [5.74, 6) is -1.32. The number of rotatable bonds is 2. The summed E-state index contributed by atoms with van der Waals surface area (Å²) >= 11 is 0. The van der Waals surface area contributed by atoms with Crippen LogP contribution in [0.3, 0.4) is 0 Å². The van der Waals surface area contributed by atoms with Gasteiger partial charge in [-0.1, -0.05) is 12.2 Å². The van der Waals surface area contributed by atoms with E-state index in [1.165, 1.54) is 24.3 Å². The van der Waals surface area contributed by atoms with Crippen LogP contribution in [0, 0.1) is 0 Å². The SMILES string of the molecule is OC/C=C/c1cc(O)c(O)c(O)c1. The molecule has 0 unspecified atom stereocenters. The molecule has 4 N–H and O–H groups in total. The van der Waals surface area contributed by atoms with Gasteiger partial charge in [0.25, 0.3) is 0 Å². The van der Waals surface area contributed by atoms with Crippen LogP contribution in [0.2, 0.25) is 0 Å². The standard InChI is InChI=1S/C9H10O4/c10-3-1-2-6-4-7(11)9(13)8(12)5-6/h1-2,4-5,10-13H,3H2/b2-1+. The summed E-state index contributed by atoms with van der Waals surface area (Å²) in [6.07, 6.45) is 2.96. The molecule has 0 aliphatic carbocycles. The third-order valence-corrected chi connectivity index (χ3v) is 1.51. The number of hydrogen-bond donors (Lipinski definition) is 4. The maximum absolute atomic E-state index is 9.07. The largest absolute Gasteiger partial charge is 0.504 e. The molecular weight excluding hydrogens is 172 g/mol. The van der Waals surface area contributed by atoms with Gasteiger partial charge in [-0.15, -0.1) is 0 Å². The van der Waals surface area contributed by atoms with Gasteiger partial charge < -0.3 is 20.4 Å². The highest BCUT2D eigenvalue weighted by atomic mass is 16.3. The highest BCUT2D eigenvalue weighted by Crippen LogP contribution is 2.35. The van der Waals surface area contributed by atoms with Crippen LogP contribution in [0.15, 0.2) is 18.2 Å². The molecule has 0 saturated carbocycles. The summed E-state index contributed by atoms with van der Waals surface area (Å²) in [5.41, 5.74) is 0.502. The molecular formula is C9H10O4. The quantitative estimate of drug-likeness (QED) is 0.510. The molecule has 4 nitrogen and oxygen atoms in total. The van der Waals surface area contributed by atoms with E-state index < -0.39 is 17.2 Å². The molecule has 0 aromatic heterocycles. The summed E-state index contributed by atoms with van der Waals surface area (Å²) in [6.45, 7) is -0.123. The summed E-state index contributed by atoms with van der Waals surface area (Å²) < 4.78 is 0. The second-order valence-corrected chi connectivity index (χ2v) is 2.49. The van der Waals surface area contributed by atoms with Gasteiger partial charge in [0, 0.05) is 0 Å². The number of aromatic hydroxyl groups is 3. The van der Waals surface area contributed by atoms with Crippen molar-refractivity contribution < 1.29 is 20.4 Å². The second-order valence-electron chi connectivity index (χ2n) is 2.49. The van der Waals surface area contributed by atoms with Crippen LogP contribution >= 0.6 is 0 Å². The number of phenols is 3. The Morgan fingerprint density at radius 2 is 1.62 bits per heavy atom. The van der Waals surface area contributed by atoms with Crippen molar-refractivity contribution in [2.24, 2.45) is 0 Å². The predicted molar refractivity (Wildman–Crippen MR) is 47.6 cm³/mol. The summed E-state index contributed by atoms with van der Waals surface area (Å²) in [5, 5.41) is 35.6. The summed E-state index contributed by atoms with van der Waals surface area (Å²) in [6, 6.07) is 2.56. The number of phenolic OH excluding ortho intramolecular Hbond substituents is 3. The second kappa shape index (κ2) is 3.82. The fourth-order valence-corrected chi connectivity index (χ4v) is 0.910. The Labute approximate surface area is 75.0 Å². The van der Waals surface area contributed by atoms with Crippen molar-refractivity contribution >= 4 is 6.08 Å². The molecule has 1 rings (SSSR count). The van der Waals surface area contributed by atoms with Gasteiger partial charge in [-0.05, 0) is 17.7 Å². The first-order valence-electron chi connectivity index (χ1n) is 3.67. The zero-order valence-electron chi connectivity index (χ0n) is 6.81. The lowest BCUT2D eigenvalue weighted by atomic mass is 10.1. The third-order valence-electron chi connectivity index (χ3n) is 1.51. The first-order chi connectivity index (χ1) is 6.15. The minimum atomic E-state index is -0.541. The van der Waals surface area contributed by atoms with E-state index in [0.29, 0.717) is 5.56 Å². The highest BCUT2D eigenvalue weighted by Gasteiger charge is 2.05. The van der Waals surface area contributed by atoms with E-state index in [2.05, 4.69) is 0 Å². The van der Waals surface area contributed by atoms with Crippen molar-refractivity contribution in [1.82, 2.24) is 0 Å². The molecule has 0 fully saturated rings. The fraction of sp³-hybridized carbons (Fsp3) is 0.111. The van der Waals surface area contributed by atoms with Crippen molar-refractivity contribution in [1.29, 1.82) is 0 Å². The minimum Gasteiger partial charge on any atom is -0.504 e. The molecule has 4 heteroatoms. The molecule has 0 saturated heterocycles. The lowest BCUT2D eigenvalue weighted by Gasteiger charge is -2.01. The van der Waals surface area contributed by atoms with Crippen molar-refractivity contribution in [3.05, 3.63) is 23.8 Å². The van der Waals surface area contributed by atoms with Gasteiger partial charge >= 0.3 is 0 Å². The van der Waals surface area contributed by atoms with E-state index in [1.807, 2.05) is 0 Å². The minimum absolute atomic E-state index is 0.123. The Bertz CT molecular complexity index is 307. The van der Waals surface area contributed by atoms with Crippen LogP contribution in [0.5, 0.6) is 17.2 Å². The fourth-order valence-electron chi connectivity index (χ4n) is 0.910. The third kappa shape index (κ3) is 2.13. The van der Waals surface area contributed by atoms with Crippen molar-refractivity contribution in [3.63, 3.8) is 0 Å². The molecule has 1 aromatic rings. The van der Waals surface area contributed by atoms with Gasteiger partial charge in [-0.2, -0.15) is 0 Å². The number of aliphatic hydroxyl groups excluding tert-OH is 1. The molecule has 70 valence electrons. The van der Waals surface area contributed by atoms with Gasteiger partial charge in [0.05, 0.1) is 6.61 Å². The molecule has 0 aliphatic heterocycles. The first-order valence-corrected chi connectivity index (χ1v) is 3.67. The van der Waals surface area contributed by atoms with Gasteiger partial charge in [-0.25, -0.2) is 0 Å². The first kappa shape index (κ1) is 9.41. The maximum atomic E-state index is 9.07. The average molecular weight is 182 g/mol. The zero-order chi connectivity index (χ0) is 9.84. The smallest absolute Gasteiger partial charge is 0.200 e. The van der Waals surface area contributed by atoms with Crippen LogP contribution in [-0.4, -0.2) is 27.0 Å². The Balaban J connectivity index is 3.06. The molecule has 0 radical (unpaired) electrons. The van der Waals surface area contributed by atoms with Gasteiger partial charge in [0.15, 0.2) is 17.2 Å². The lowest BCUT2D eigenvalue weighted by molar-refractivity contribution is 0.343. The van der Waals surface area contributed by atoms with Crippen molar-refractivity contribution in [3.8, 4) is 17.2 Å².